The predicted molar refractivity (Wildman–Crippen MR) is 121 cm³/mol. The SMILES string of the molecule is OP(O)C(F)(F)c1ccc(CC(c2ccccc2)c2nc(-c3ccccc3)no2)cc1Br. The molecule has 0 aliphatic carbocycles. The number of alkyl halides is 2. The minimum atomic E-state index is -3.73. The van der Waals surface area contributed by atoms with E-state index >= 15 is 0 Å². The molecule has 0 fully saturated rings. The van der Waals surface area contributed by atoms with E-state index in [0.717, 1.165) is 16.7 Å². The van der Waals surface area contributed by atoms with Crippen molar-refractivity contribution in [2.75, 3.05) is 0 Å². The molecular weight excluding hydrogens is 501 g/mol. The van der Waals surface area contributed by atoms with Crippen LogP contribution in [-0.2, 0) is 12.1 Å². The lowest BCUT2D eigenvalue weighted by atomic mass is 9.91. The smallest absolute Gasteiger partial charge is 0.340 e. The van der Waals surface area contributed by atoms with Crippen LogP contribution in [-0.4, -0.2) is 19.9 Å². The summed E-state index contributed by atoms with van der Waals surface area (Å²) >= 11 is 3.15. The van der Waals surface area contributed by atoms with Crippen molar-refractivity contribution >= 4 is 24.3 Å². The van der Waals surface area contributed by atoms with Crippen LogP contribution in [0, 0.1) is 0 Å². The Morgan fingerprint density at radius 1 is 0.969 bits per heavy atom. The Morgan fingerprint density at radius 2 is 1.62 bits per heavy atom. The van der Waals surface area contributed by atoms with Gasteiger partial charge >= 0.3 is 5.66 Å². The van der Waals surface area contributed by atoms with Gasteiger partial charge in [-0.25, -0.2) is 0 Å². The molecule has 1 unspecified atom stereocenters. The van der Waals surface area contributed by atoms with Gasteiger partial charge in [0.1, 0.15) is 0 Å². The number of aromatic nitrogens is 2. The van der Waals surface area contributed by atoms with E-state index < -0.39 is 19.6 Å². The molecule has 1 heterocycles. The summed E-state index contributed by atoms with van der Waals surface area (Å²) in [5.74, 6) is 0.582. The number of hydrogen-bond acceptors (Lipinski definition) is 5. The van der Waals surface area contributed by atoms with Crippen LogP contribution in [0.5, 0.6) is 0 Å². The lowest BCUT2D eigenvalue weighted by Gasteiger charge is -2.20. The molecule has 5 nitrogen and oxygen atoms in total. The van der Waals surface area contributed by atoms with Crippen LogP contribution in [0.3, 0.4) is 0 Å². The molecule has 0 aliphatic rings. The first-order valence-electron chi connectivity index (χ1n) is 9.65. The maximum atomic E-state index is 14.1. The third-order valence-electron chi connectivity index (χ3n) is 5.02. The summed E-state index contributed by atoms with van der Waals surface area (Å²) in [6, 6.07) is 23.3. The third-order valence-corrected chi connectivity index (χ3v) is 6.42. The summed E-state index contributed by atoms with van der Waals surface area (Å²) in [6.45, 7) is 0. The van der Waals surface area contributed by atoms with Gasteiger partial charge in [0.2, 0.25) is 20.1 Å². The average Bonchev–Trinajstić information content (AvgIpc) is 3.28. The second-order valence-electron chi connectivity index (χ2n) is 7.13. The fraction of sp³-hybridized carbons (Fsp3) is 0.130. The van der Waals surface area contributed by atoms with Crippen molar-refractivity contribution in [2.24, 2.45) is 0 Å². The maximum Gasteiger partial charge on any atom is 0.340 e. The largest absolute Gasteiger partial charge is 0.346 e. The highest BCUT2D eigenvalue weighted by Gasteiger charge is 2.42. The van der Waals surface area contributed by atoms with Crippen molar-refractivity contribution in [3.63, 3.8) is 0 Å². The zero-order chi connectivity index (χ0) is 22.7. The molecule has 9 heteroatoms. The van der Waals surface area contributed by atoms with Gasteiger partial charge in [0.25, 0.3) is 0 Å². The molecule has 0 saturated carbocycles. The Morgan fingerprint density at radius 3 is 2.25 bits per heavy atom. The van der Waals surface area contributed by atoms with Crippen LogP contribution in [0.15, 0.2) is 87.9 Å². The summed E-state index contributed by atoms with van der Waals surface area (Å²) in [6.07, 6.45) is 0.415. The van der Waals surface area contributed by atoms with E-state index in [1.807, 2.05) is 60.7 Å². The minimum Gasteiger partial charge on any atom is -0.346 e. The van der Waals surface area contributed by atoms with E-state index in [9.17, 15) is 8.78 Å². The Labute approximate surface area is 192 Å². The van der Waals surface area contributed by atoms with Crippen molar-refractivity contribution in [1.82, 2.24) is 10.1 Å². The zero-order valence-electron chi connectivity index (χ0n) is 16.6. The normalized spacial score (nSPS) is 12.8. The van der Waals surface area contributed by atoms with Crippen LogP contribution in [0.25, 0.3) is 11.4 Å². The van der Waals surface area contributed by atoms with E-state index in [1.54, 1.807) is 6.07 Å². The first-order valence-corrected chi connectivity index (χ1v) is 11.7. The van der Waals surface area contributed by atoms with Crippen molar-refractivity contribution in [1.29, 1.82) is 0 Å². The summed E-state index contributed by atoms with van der Waals surface area (Å²) in [4.78, 5) is 22.8. The number of hydrogen-bond donors (Lipinski definition) is 2. The molecule has 0 aliphatic heterocycles. The van der Waals surface area contributed by atoms with Crippen molar-refractivity contribution < 1.29 is 23.1 Å². The number of benzene rings is 3. The monoisotopic (exact) mass is 518 g/mol. The molecule has 0 amide bonds. The van der Waals surface area contributed by atoms with Gasteiger partial charge in [-0.1, -0.05) is 93.9 Å². The number of nitrogens with zero attached hydrogens (tertiary/aromatic N) is 2. The topological polar surface area (TPSA) is 79.4 Å². The van der Waals surface area contributed by atoms with Gasteiger partial charge in [0.15, 0.2) is 0 Å². The molecular formula is C23H18BrF2N2O3P. The van der Waals surface area contributed by atoms with Crippen LogP contribution < -0.4 is 0 Å². The molecule has 1 atom stereocenters. The number of rotatable bonds is 7. The molecule has 3 aromatic carbocycles. The first kappa shape index (κ1) is 22.7. The van der Waals surface area contributed by atoms with Gasteiger partial charge in [-0.05, 0) is 23.6 Å². The average molecular weight is 519 g/mol. The van der Waals surface area contributed by atoms with E-state index in [2.05, 4.69) is 26.1 Å². The second-order valence-corrected chi connectivity index (χ2v) is 9.13. The Balaban J connectivity index is 1.68. The summed E-state index contributed by atoms with van der Waals surface area (Å²) in [5, 5.41) is 4.11. The van der Waals surface area contributed by atoms with Crippen LogP contribution in [0.1, 0.15) is 28.5 Å². The Bertz CT molecular complexity index is 1190. The lowest BCUT2D eigenvalue weighted by Crippen LogP contribution is -2.12. The zero-order valence-corrected chi connectivity index (χ0v) is 19.0. The van der Waals surface area contributed by atoms with E-state index in [4.69, 9.17) is 14.3 Å². The maximum absolute atomic E-state index is 14.1. The van der Waals surface area contributed by atoms with Gasteiger partial charge in [-0.15, -0.1) is 0 Å². The minimum absolute atomic E-state index is 0.0953. The molecule has 2 N–H and O–H groups in total. The van der Waals surface area contributed by atoms with Crippen LogP contribution in [0.4, 0.5) is 8.78 Å². The first-order chi connectivity index (χ1) is 15.4. The second kappa shape index (κ2) is 9.55. The molecule has 164 valence electrons. The van der Waals surface area contributed by atoms with E-state index in [0.29, 0.717) is 18.1 Å². The molecule has 32 heavy (non-hydrogen) atoms. The van der Waals surface area contributed by atoms with E-state index in [-0.39, 0.29) is 10.4 Å². The highest BCUT2D eigenvalue weighted by Crippen LogP contribution is 2.54. The van der Waals surface area contributed by atoms with Gasteiger partial charge in [0.05, 0.1) is 5.92 Å². The van der Waals surface area contributed by atoms with Crippen LogP contribution >= 0.6 is 24.3 Å². The fourth-order valence-electron chi connectivity index (χ4n) is 3.39. The highest BCUT2D eigenvalue weighted by atomic mass is 79.9. The molecule has 0 saturated heterocycles. The van der Waals surface area contributed by atoms with Gasteiger partial charge in [-0.3, -0.25) is 0 Å². The fourth-order valence-corrected chi connectivity index (χ4v) is 4.63. The molecule has 1 aromatic heterocycles. The quantitative estimate of drug-likeness (QED) is 0.284. The van der Waals surface area contributed by atoms with Crippen molar-refractivity contribution in [3.05, 3.63) is 106 Å². The molecule has 0 bridgehead atoms. The molecule has 0 spiro atoms. The predicted octanol–water partition coefficient (Wildman–Crippen LogP) is 6.22. The van der Waals surface area contributed by atoms with Gasteiger partial charge in [0, 0.05) is 15.6 Å². The Hall–Kier alpha value is -2.51. The van der Waals surface area contributed by atoms with Crippen molar-refractivity contribution in [2.45, 2.75) is 18.0 Å². The highest BCUT2D eigenvalue weighted by molar-refractivity contribution is 9.10. The molecule has 0 radical (unpaired) electrons. The van der Waals surface area contributed by atoms with Crippen molar-refractivity contribution in [3.8, 4) is 11.4 Å². The Kier molecular flexibility index (Phi) is 6.76. The van der Waals surface area contributed by atoms with Crippen LogP contribution in [0.2, 0.25) is 0 Å². The van der Waals surface area contributed by atoms with E-state index in [1.165, 1.54) is 12.1 Å². The number of halogens is 3. The van der Waals surface area contributed by atoms with Gasteiger partial charge in [-0.2, -0.15) is 13.8 Å². The summed E-state index contributed by atoms with van der Waals surface area (Å²) < 4.78 is 33.9. The molecule has 4 rings (SSSR count). The van der Waals surface area contributed by atoms with Gasteiger partial charge < -0.3 is 14.3 Å². The summed E-state index contributed by atoms with van der Waals surface area (Å²) in [7, 11) is -3.45. The lowest BCUT2D eigenvalue weighted by molar-refractivity contribution is 0.0724. The molecule has 4 aromatic rings. The standard InChI is InChI=1S/C23H18BrF2N2O3P/c24-20-14-15(11-12-19(20)23(25,26)32(29)30)13-18(16-7-3-1-4-8-16)22-27-21(28-31-22)17-9-5-2-6-10-17/h1-12,14,18,29-30H,13H2. The third kappa shape index (κ3) is 4.79. The summed E-state index contributed by atoms with van der Waals surface area (Å²) in [5.41, 5.74) is -1.70.